The SMILES string of the molecule is CCN(c1csc(C=O)c1)C1CCCCC1. The molecule has 3 heteroatoms. The monoisotopic (exact) mass is 237 g/mol. The van der Waals surface area contributed by atoms with Crippen molar-refractivity contribution in [2.45, 2.75) is 45.1 Å². The largest absolute Gasteiger partial charge is 0.368 e. The van der Waals surface area contributed by atoms with Crippen molar-refractivity contribution in [1.29, 1.82) is 0 Å². The van der Waals surface area contributed by atoms with Gasteiger partial charge >= 0.3 is 0 Å². The number of nitrogens with zero attached hydrogens (tertiary/aromatic N) is 1. The molecule has 1 aliphatic carbocycles. The summed E-state index contributed by atoms with van der Waals surface area (Å²) in [7, 11) is 0. The summed E-state index contributed by atoms with van der Waals surface area (Å²) in [5.41, 5.74) is 1.24. The van der Waals surface area contributed by atoms with Crippen LogP contribution in [0.2, 0.25) is 0 Å². The summed E-state index contributed by atoms with van der Waals surface area (Å²) >= 11 is 1.55. The van der Waals surface area contributed by atoms with Crippen molar-refractivity contribution in [3.05, 3.63) is 16.3 Å². The van der Waals surface area contributed by atoms with E-state index in [-0.39, 0.29) is 0 Å². The molecule has 0 unspecified atom stereocenters. The first-order valence-electron chi connectivity index (χ1n) is 6.15. The van der Waals surface area contributed by atoms with Crippen LogP contribution in [-0.2, 0) is 0 Å². The molecule has 1 aliphatic rings. The lowest BCUT2D eigenvalue weighted by molar-refractivity contribution is 0.112. The van der Waals surface area contributed by atoms with E-state index < -0.39 is 0 Å². The molecule has 0 spiro atoms. The molecule has 88 valence electrons. The van der Waals surface area contributed by atoms with Crippen LogP contribution >= 0.6 is 11.3 Å². The first kappa shape index (κ1) is 11.6. The van der Waals surface area contributed by atoms with Gasteiger partial charge in [-0.1, -0.05) is 19.3 Å². The molecule has 0 amide bonds. The Morgan fingerprint density at radius 1 is 1.44 bits per heavy atom. The van der Waals surface area contributed by atoms with Crippen LogP contribution in [0.15, 0.2) is 11.4 Å². The maximum Gasteiger partial charge on any atom is 0.160 e. The Morgan fingerprint density at radius 3 is 2.75 bits per heavy atom. The second-order valence-corrected chi connectivity index (χ2v) is 5.35. The second-order valence-electron chi connectivity index (χ2n) is 4.40. The zero-order valence-corrected chi connectivity index (χ0v) is 10.6. The van der Waals surface area contributed by atoms with Gasteiger partial charge in [-0.2, -0.15) is 0 Å². The van der Waals surface area contributed by atoms with Gasteiger partial charge in [0.05, 0.1) is 4.88 Å². The van der Waals surface area contributed by atoms with Gasteiger partial charge in [0, 0.05) is 23.7 Å². The molecule has 2 rings (SSSR count). The lowest BCUT2D eigenvalue weighted by Crippen LogP contribution is -2.36. The Morgan fingerprint density at radius 2 is 2.19 bits per heavy atom. The van der Waals surface area contributed by atoms with Gasteiger partial charge in [-0.25, -0.2) is 0 Å². The van der Waals surface area contributed by atoms with E-state index in [1.807, 2.05) is 6.07 Å². The van der Waals surface area contributed by atoms with Crippen molar-refractivity contribution in [2.24, 2.45) is 0 Å². The lowest BCUT2D eigenvalue weighted by Gasteiger charge is -2.34. The van der Waals surface area contributed by atoms with Crippen LogP contribution in [0.3, 0.4) is 0 Å². The number of anilines is 1. The molecule has 1 fully saturated rings. The number of thiophene rings is 1. The van der Waals surface area contributed by atoms with Gasteiger partial charge in [-0.15, -0.1) is 11.3 Å². The smallest absolute Gasteiger partial charge is 0.160 e. The van der Waals surface area contributed by atoms with E-state index in [1.165, 1.54) is 37.8 Å². The lowest BCUT2D eigenvalue weighted by atomic mass is 9.94. The molecule has 0 atom stereocenters. The number of rotatable bonds is 4. The first-order valence-corrected chi connectivity index (χ1v) is 7.03. The van der Waals surface area contributed by atoms with E-state index >= 15 is 0 Å². The standard InChI is InChI=1S/C13H19NOS/c1-2-14(11-6-4-3-5-7-11)12-8-13(9-15)16-10-12/h8-11H,2-7H2,1H3. The summed E-state index contributed by atoms with van der Waals surface area (Å²) in [6, 6.07) is 2.71. The highest BCUT2D eigenvalue weighted by Gasteiger charge is 2.20. The molecule has 1 saturated carbocycles. The van der Waals surface area contributed by atoms with Gasteiger partial charge < -0.3 is 4.90 Å². The van der Waals surface area contributed by atoms with Crippen LogP contribution in [0.4, 0.5) is 5.69 Å². The molecule has 2 nitrogen and oxygen atoms in total. The Labute approximate surface area is 101 Å². The number of hydrogen-bond donors (Lipinski definition) is 0. The van der Waals surface area contributed by atoms with E-state index in [4.69, 9.17) is 0 Å². The van der Waals surface area contributed by atoms with Gasteiger partial charge in [-0.3, -0.25) is 4.79 Å². The van der Waals surface area contributed by atoms with E-state index in [2.05, 4.69) is 17.2 Å². The molecule has 0 aliphatic heterocycles. The van der Waals surface area contributed by atoms with E-state index in [0.29, 0.717) is 6.04 Å². The second kappa shape index (κ2) is 5.48. The minimum absolute atomic E-state index is 0.688. The minimum Gasteiger partial charge on any atom is -0.368 e. The van der Waals surface area contributed by atoms with Crippen LogP contribution in [0.1, 0.15) is 48.7 Å². The zero-order valence-electron chi connectivity index (χ0n) is 9.82. The topological polar surface area (TPSA) is 20.3 Å². The van der Waals surface area contributed by atoms with Gasteiger partial charge in [0.15, 0.2) is 6.29 Å². The zero-order chi connectivity index (χ0) is 11.4. The molecule has 0 saturated heterocycles. The molecule has 0 radical (unpaired) electrons. The van der Waals surface area contributed by atoms with Crippen molar-refractivity contribution in [2.75, 3.05) is 11.4 Å². The average Bonchev–Trinajstić information content (AvgIpc) is 2.80. The van der Waals surface area contributed by atoms with E-state index in [9.17, 15) is 4.79 Å². The predicted octanol–water partition coefficient (Wildman–Crippen LogP) is 3.72. The highest BCUT2D eigenvalue weighted by Crippen LogP contribution is 2.29. The molecular formula is C13H19NOS. The van der Waals surface area contributed by atoms with Gasteiger partial charge in [0.1, 0.15) is 0 Å². The van der Waals surface area contributed by atoms with Crippen LogP contribution in [0.25, 0.3) is 0 Å². The van der Waals surface area contributed by atoms with Crippen molar-refractivity contribution in [3.8, 4) is 0 Å². The third-order valence-electron chi connectivity index (χ3n) is 3.41. The summed E-state index contributed by atoms with van der Waals surface area (Å²) in [6.07, 6.45) is 7.65. The third-order valence-corrected chi connectivity index (χ3v) is 4.26. The summed E-state index contributed by atoms with van der Waals surface area (Å²) < 4.78 is 0. The Hall–Kier alpha value is -0.830. The molecule has 1 heterocycles. The normalized spacial score (nSPS) is 17.3. The summed E-state index contributed by atoms with van der Waals surface area (Å²) in [4.78, 5) is 14.0. The molecule has 1 aromatic heterocycles. The molecule has 1 aromatic rings. The highest BCUT2D eigenvalue weighted by atomic mass is 32.1. The van der Waals surface area contributed by atoms with Crippen LogP contribution in [0.5, 0.6) is 0 Å². The summed E-state index contributed by atoms with van der Waals surface area (Å²) in [5.74, 6) is 0. The van der Waals surface area contributed by atoms with Crippen LogP contribution in [0, 0.1) is 0 Å². The van der Waals surface area contributed by atoms with Gasteiger partial charge in [0.25, 0.3) is 0 Å². The van der Waals surface area contributed by atoms with E-state index in [1.54, 1.807) is 11.3 Å². The molecular weight excluding hydrogens is 218 g/mol. The van der Waals surface area contributed by atoms with Crippen molar-refractivity contribution >= 4 is 23.3 Å². The molecule has 0 N–H and O–H groups in total. The number of aldehydes is 1. The highest BCUT2D eigenvalue weighted by molar-refractivity contribution is 7.12. The van der Waals surface area contributed by atoms with Crippen LogP contribution < -0.4 is 4.90 Å². The Bertz CT molecular complexity index is 341. The molecule has 16 heavy (non-hydrogen) atoms. The van der Waals surface area contributed by atoms with Crippen molar-refractivity contribution in [3.63, 3.8) is 0 Å². The molecule has 0 bridgehead atoms. The van der Waals surface area contributed by atoms with Crippen LogP contribution in [-0.4, -0.2) is 18.9 Å². The summed E-state index contributed by atoms with van der Waals surface area (Å²) in [5, 5.41) is 2.11. The Balaban J connectivity index is 2.10. The average molecular weight is 237 g/mol. The third kappa shape index (κ3) is 2.46. The van der Waals surface area contributed by atoms with Crippen molar-refractivity contribution in [1.82, 2.24) is 0 Å². The fourth-order valence-corrected chi connectivity index (χ4v) is 3.30. The Kier molecular flexibility index (Phi) is 3.99. The number of carbonyl (C=O) groups excluding carboxylic acids is 1. The van der Waals surface area contributed by atoms with Gasteiger partial charge in [0.2, 0.25) is 0 Å². The fourth-order valence-electron chi connectivity index (χ4n) is 2.60. The van der Waals surface area contributed by atoms with E-state index in [0.717, 1.165) is 17.7 Å². The first-order chi connectivity index (χ1) is 7.85. The van der Waals surface area contributed by atoms with Crippen molar-refractivity contribution < 1.29 is 4.79 Å². The minimum atomic E-state index is 0.688. The maximum atomic E-state index is 10.7. The van der Waals surface area contributed by atoms with Gasteiger partial charge in [-0.05, 0) is 25.8 Å². The number of carbonyl (C=O) groups is 1. The fraction of sp³-hybridized carbons (Fsp3) is 0.615. The maximum absolute atomic E-state index is 10.7. The predicted molar refractivity (Wildman–Crippen MR) is 69.6 cm³/mol. The molecule has 0 aromatic carbocycles. The number of hydrogen-bond acceptors (Lipinski definition) is 3. The summed E-state index contributed by atoms with van der Waals surface area (Å²) in [6.45, 7) is 3.24. The quantitative estimate of drug-likeness (QED) is 0.744.